The van der Waals surface area contributed by atoms with E-state index in [2.05, 4.69) is 140 Å². The zero-order valence-corrected chi connectivity index (χ0v) is 25.6. The highest BCUT2D eigenvalue weighted by atomic mass is 15.2. The maximum Gasteiger partial charge on any atom is 0.238 e. The molecule has 0 aliphatic heterocycles. The van der Waals surface area contributed by atoms with Gasteiger partial charge in [0.25, 0.3) is 0 Å². The van der Waals surface area contributed by atoms with Gasteiger partial charge in [-0.2, -0.15) is 9.97 Å². The second-order valence-electron chi connectivity index (χ2n) is 12.5. The Bertz CT molecular complexity index is 2420. The normalized spacial score (nSPS) is 13.2. The van der Waals surface area contributed by atoms with Crippen LogP contribution >= 0.6 is 0 Å². The Kier molecular flexibility index (Phi) is 5.81. The van der Waals surface area contributed by atoms with Crippen LogP contribution in [0.3, 0.4) is 0 Å². The smallest absolute Gasteiger partial charge is 0.238 e. The van der Waals surface area contributed by atoms with Crippen molar-refractivity contribution in [2.75, 3.05) is 0 Å². The van der Waals surface area contributed by atoms with E-state index >= 15 is 0 Å². The van der Waals surface area contributed by atoms with Crippen LogP contribution in [0.5, 0.6) is 0 Å². The van der Waals surface area contributed by atoms with E-state index in [4.69, 9.17) is 15.0 Å². The minimum absolute atomic E-state index is 0.124. The van der Waals surface area contributed by atoms with E-state index in [0.717, 1.165) is 27.7 Å². The predicted octanol–water partition coefficient (Wildman–Crippen LogP) is 10.3. The van der Waals surface area contributed by atoms with Crippen molar-refractivity contribution in [1.29, 1.82) is 0 Å². The van der Waals surface area contributed by atoms with Gasteiger partial charge in [0.05, 0.1) is 11.0 Å². The number of nitrogens with zero attached hydrogens (tertiary/aromatic N) is 4. The fourth-order valence-electron chi connectivity index (χ4n) is 7.13. The lowest BCUT2D eigenvalue weighted by atomic mass is 9.82. The van der Waals surface area contributed by atoms with Crippen LogP contribution in [0.15, 0.2) is 146 Å². The van der Waals surface area contributed by atoms with Crippen molar-refractivity contribution in [2.24, 2.45) is 0 Å². The van der Waals surface area contributed by atoms with Crippen molar-refractivity contribution in [3.63, 3.8) is 0 Å². The molecule has 9 rings (SSSR count). The molecule has 0 atom stereocenters. The number of fused-ring (bicyclic) bond motifs is 6. The van der Waals surface area contributed by atoms with E-state index in [-0.39, 0.29) is 5.41 Å². The van der Waals surface area contributed by atoms with Gasteiger partial charge in [-0.15, -0.1) is 0 Å². The number of rotatable bonds is 4. The summed E-state index contributed by atoms with van der Waals surface area (Å²) in [7, 11) is 0. The Balaban J connectivity index is 1.29. The molecule has 0 bridgehead atoms. The molecule has 0 radical (unpaired) electrons. The Morgan fingerprint density at radius 3 is 1.74 bits per heavy atom. The third kappa shape index (κ3) is 4.04. The van der Waals surface area contributed by atoms with Crippen LogP contribution in [0, 0.1) is 0 Å². The molecule has 46 heavy (non-hydrogen) atoms. The number of aromatic nitrogens is 4. The first-order valence-corrected chi connectivity index (χ1v) is 15.7. The Hall–Kier alpha value is -5.87. The van der Waals surface area contributed by atoms with Crippen LogP contribution < -0.4 is 0 Å². The van der Waals surface area contributed by atoms with Gasteiger partial charge >= 0.3 is 0 Å². The molecule has 6 aromatic carbocycles. The van der Waals surface area contributed by atoms with Gasteiger partial charge in [0.1, 0.15) is 0 Å². The minimum Gasteiger partial charge on any atom is -0.278 e. The van der Waals surface area contributed by atoms with E-state index < -0.39 is 0 Å². The van der Waals surface area contributed by atoms with Crippen LogP contribution in [0.25, 0.3) is 72.8 Å². The summed E-state index contributed by atoms with van der Waals surface area (Å²) in [6.07, 6.45) is 0. The molecule has 2 aromatic heterocycles. The Labute approximate surface area is 267 Å². The van der Waals surface area contributed by atoms with Crippen LogP contribution in [0.2, 0.25) is 0 Å². The number of para-hydroxylation sites is 1. The summed E-state index contributed by atoms with van der Waals surface area (Å²) in [6.45, 7) is 4.65. The van der Waals surface area contributed by atoms with E-state index in [0.29, 0.717) is 17.6 Å². The molecule has 4 nitrogen and oxygen atoms in total. The highest BCUT2D eigenvalue weighted by molar-refractivity contribution is 6.11. The Morgan fingerprint density at radius 1 is 0.435 bits per heavy atom. The van der Waals surface area contributed by atoms with Crippen molar-refractivity contribution in [1.82, 2.24) is 19.5 Å². The molecule has 0 fully saturated rings. The molecular weight excluding hydrogens is 560 g/mol. The van der Waals surface area contributed by atoms with Gasteiger partial charge in [-0.3, -0.25) is 4.57 Å². The van der Waals surface area contributed by atoms with Crippen molar-refractivity contribution in [3.05, 3.63) is 157 Å². The van der Waals surface area contributed by atoms with Crippen molar-refractivity contribution >= 4 is 21.8 Å². The van der Waals surface area contributed by atoms with Gasteiger partial charge in [0.2, 0.25) is 5.95 Å². The van der Waals surface area contributed by atoms with Crippen LogP contribution in [0.4, 0.5) is 0 Å². The summed E-state index contributed by atoms with van der Waals surface area (Å²) in [5.74, 6) is 1.89. The molecule has 0 amide bonds. The summed E-state index contributed by atoms with van der Waals surface area (Å²) in [4.78, 5) is 15.4. The molecule has 0 spiro atoms. The lowest BCUT2D eigenvalue weighted by Crippen LogP contribution is -2.15. The van der Waals surface area contributed by atoms with Gasteiger partial charge in [0, 0.05) is 27.3 Å². The van der Waals surface area contributed by atoms with Gasteiger partial charge in [-0.1, -0.05) is 141 Å². The molecule has 4 heteroatoms. The average Bonchev–Trinajstić information content (AvgIpc) is 3.56. The molecule has 0 N–H and O–H groups in total. The lowest BCUT2D eigenvalue weighted by molar-refractivity contribution is 0.661. The summed E-state index contributed by atoms with van der Waals surface area (Å²) in [6, 6.07) is 51.2. The monoisotopic (exact) mass is 590 g/mol. The number of hydrogen-bond acceptors (Lipinski definition) is 3. The Morgan fingerprint density at radius 2 is 1.00 bits per heavy atom. The van der Waals surface area contributed by atoms with Crippen molar-refractivity contribution in [3.8, 4) is 51.0 Å². The quantitative estimate of drug-likeness (QED) is 0.205. The number of benzene rings is 6. The predicted molar refractivity (Wildman–Crippen MR) is 188 cm³/mol. The van der Waals surface area contributed by atoms with E-state index in [1.54, 1.807) is 0 Å². The maximum atomic E-state index is 5.18. The highest BCUT2D eigenvalue weighted by Crippen LogP contribution is 2.50. The van der Waals surface area contributed by atoms with Gasteiger partial charge < -0.3 is 0 Å². The summed E-state index contributed by atoms with van der Waals surface area (Å²) in [5, 5.41) is 2.37. The zero-order chi connectivity index (χ0) is 30.8. The summed E-state index contributed by atoms with van der Waals surface area (Å²) < 4.78 is 2.22. The first kappa shape index (κ1) is 26.5. The largest absolute Gasteiger partial charge is 0.278 e. The second kappa shape index (κ2) is 10.1. The minimum atomic E-state index is -0.124. The molecule has 218 valence electrons. The molecule has 1 aliphatic rings. The highest BCUT2D eigenvalue weighted by Gasteiger charge is 2.36. The van der Waals surface area contributed by atoms with E-state index in [9.17, 15) is 0 Å². The zero-order valence-electron chi connectivity index (χ0n) is 25.6. The average molecular weight is 591 g/mol. The van der Waals surface area contributed by atoms with Crippen molar-refractivity contribution < 1.29 is 0 Å². The van der Waals surface area contributed by atoms with Gasteiger partial charge in [0.15, 0.2) is 11.6 Å². The summed E-state index contributed by atoms with van der Waals surface area (Å²) >= 11 is 0. The van der Waals surface area contributed by atoms with E-state index in [1.165, 1.54) is 38.6 Å². The molecule has 0 saturated carbocycles. The standard InChI is InChI=1S/C42H30N4/c1-42(2)35-19-11-9-17-31(35)33-25-34-32-18-10-12-20-37(32)46(38(34)26-36(33)42)41-44-39(29-15-7-4-8-16-29)43-40(45-41)30-23-21-28(22-24-30)27-13-5-3-6-14-27/h3-26H,1-2H3. The van der Waals surface area contributed by atoms with Crippen LogP contribution in [-0.2, 0) is 5.41 Å². The first-order valence-electron chi connectivity index (χ1n) is 15.7. The van der Waals surface area contributed by atoms with Gasteiger partial charge in [-0.05, 0) is 51.6 Å². The first-order chi connectivity index (χ1) is 22.6. The molecule has 2 heterocycles. The molecular formula is C42H30N4. The van der Waals surface area contributed by atoms with E-state index in [1.807, 2.05) is 24.3 Å². The topological polar surface area (TPSA) is 43.6 Å². The maximum absolute atomic E-state index is 5.18. The lowest BCUT2D eigenvalue weighted by Gasteiger charge is -2.21. The molecule has 1 aliphatic carbocycles. The summed E-state index contributed by atoms with van der Waals surface area (Å²) in [5.41, 5.74) is 11.6. The molecule has 8 aromatic rings. The molecule has 0 unspecified atom stereocenters. The third-order valence-corrected chi connectivity index (χ3v) is 9.48. The molecule has 0 saturated heterocycles. The fourth-order valence-corrected chi connectivity index (χ4v) is 7.13. The van der Waals surface area contributed by atoms with Crippen LogP contribution in [-0.4, -0.2) is 19.5 Å². The van der Waals surface area contributed by atoms with Crippen LogP contribution in [0.1, 0.15) is 25.0 Å². The third-order valence-electron chi connectivity index (χ3n) is 9.48. The van der Waals surface area contributed by atoms with Crippen molar-refractivity contribution in [2.45, 2.75) is 19.3 Å². The second-order valence-corrected chi connectivity index (χ2v) is 12.5. The fraction of sp³-hybridized carbons (Fsp3) is 0.0714. The van der Waals surface area contributed by atoms with Gasteiger partial charge in [-0.25, -0.2) is 4.98 Å². The number of hydrogen-bond donors (Lipinski definition) is 0. The SMILES string of the molecule is CC1(C)c2ccccc2-c2cc3c4ccccc4n(-c4nc(-c5ccccc5)nc(-c5ccc(-c6ccccc6)cc5)n4)c3cc21.